The molecule has 0 atom stereocenters. The van der Waals surface area contributed by atoms with Gasteiger partial charge in [-0.1, -0.05) is 18.2 Å². The second-order valence-electron chi connectivity index (χ2n) is 1.99. The average molecular weight is 200 g/mol. The summed E-state index contributed by atoms with van der Waals surface area (Å²) in [6, 6.07) is 8.96. The van der Waals surface area contributed by atoms with Crippen molar-refractivity contribution in [2.75, 3.05) is 4.72 Å². The monoisotopic (exact) mass is 200 g/mol. The molecule has 0 radical (unpaired) electrons. The molecule has 0 bridgehead atoms. The molecule has 0 fully saturated rings. The van der Waals surface area contributed by atoms with Gasteiger partial charge in [0.2, 0.25) is 0 Å². The number of benzene rings is 1. The van der Waals surface area contributed by atoms with Crippen LogP contribution in [-0.2, 0) is 0 Å². The Kier molecular flexibility index (Phi) is 6.48. The van der Waals surface area contributed by atoms with E-state index >= 15 is 0 Å². The first-order valence-corrected chi connectivity index (χ1v) is 4.26. The van der Waals surface area contributed by atoms with Crippen LogP contribution in [0.25, 0.3) is 0 Å². The Morgan fingerprint density at radius 1 is 1.23 bits per heavy atom. The van der Waals surface area contributed by atoms with Crippen molar-refractivity contribution in [2.24, 2.45) is 16.6 Å². The molecule has 0 saturated heterocycles. The molecule has 0 aromatic heterocycles. The van der Waals surface area contributed by atoms with Gasteiger partial charge in [-0.15, -0.1) is 0 Å². The number of hydrogen-bond donors (Lipinski definition) is 4. The minimum absolute atomic E-state index is 0.833. The second kappa shape index (κ2) is 7.26. The average Bonchev–Trinajstić information content (AvgIpc) is 2.06. The van der Waals surface area contributed by atoms with Crippen LogP contribution >= 0.6 is 12.1 Å². The third-order valence-electron chi connectivity index (χ3n) is 0.951. The maximum Gasteiger partial charge on any atom is 0.309 e. The fourth-order valence-corrected chi connectivity index (χ4v) is 0.846. The number of nitrogens with one attached hydrogen (secondary N) is 1. The summed E-state index contributed by atoms with van der Waals surface area (Å²) >= 11 is 1.10. The van der Waals surface area contributed by atoms with Crippen molar-refractivity contribution in [3.63, 3.8) is 0 Å². The predicted octanol–water partition coefficient (Wildman–Crippen LogP) is 0.644. The third-order valence-corrected chi connectivity index (χ3v) is 1.30. The van der Waals surface area contributed by atoms with Crippen LogP contribution < -0.4 is 21.3 Å². The van der Waals surface area contributed by atoms with E-state index in [1.165, 1.54) is 0 Å². The van der Waals surface area contributed by atoms with E-state index in [-0.39, 0.29) is 0 Å². The van der Waals surface area contributed by atoms with Gasteiger partial charge in [0.25, 0.3) is 0 Å². The second-order valence-corrected chi connectivity index (χ2v) is 2.43. The van der Waals surface area contributed by atoms with Crippen molar-refractivity contribution < 1.29 is 4.79 Å². The van der Waals surface area contributed by atoms with Crippen LogP contribution in [-0.4, -0.2) is 6.03 Å². The lowest BCUT2D eigenvalue weighted by Crippen LogP contribution is -2.18. The van der Waals surface area contributed by atoms with Crippen molar-refractivity contribution in [3.8, 4) is 0 Å². The number of urea groups is 1. The molecule has 6 heteroatoms. The summed E-state index contributed by atoms with van der Waals surface area (Å²) in [6.45, 7) is 0. The van der Waals surface area contributed by atoms with Crippen molar-refractivity contribution in [1.29, 1.82) is 0 Å². The highest BCUT2D eigenvalue weighted by molar-refractivity contribution is 7.98. The number of nitrogens with two attached hydrogens (primary N) is 3. The van der Waals surface area contributed by atoms with Gasteiger partial charge in [0.05, 0.1) is 0 Å². The molecule has 1 aromatic carbocycles. The number of rotatable bonds is 2. The summed E-state index contributed by atoms with van der Waals surface area (Å²) in [5.41, 5.74) is 9.53. The van der Waals surface area contributed by atoms with Crippen LogP contribution in [0.5, 0.6) is 0 Å². The van der Waals surface area contributed by atoms with Gasteiger partial charge < -0.3 is 16.2 Å². The summed E-state index contributed by atoms with van der Waals surface area (Å²) < 4.78 is 2.90. The van der Waals surface area contributed by atoms with Gasteiger partial charge in [0, 0.05) is 17.8 Å². The highest BCUT2D eigenvalue weighted by Gasteiger charge is 1.82. The Bertz CT molecular complexity index is 238. The van der Waals surface area contributed by atoms with E-state index in [0.717, 1.165) is 17.8 Å². The van der Waals surface area contributed by atoms with Crippen LogP contribution in [0.4, 0.5) is 10.5 Å². The number of anilines is 1. The third kappa shape index (κ3) is 8.51. The Hall–Kier alpha value is -1.40. The van der Waals surface area contributed by atoms with E-state index in [0.29, 0.717) is 0 Å². The van der Waals surface area contributed by atoms with Crippen LogP contribution in [0.1, 0.15) is 0 Å². The Labute approximate surface area is 80.9 Å². The minimum atomic E-state index is -0.833. The molecular formula is C7H12N4OS. The van der Waals surface area contributed by atoms with Crippen LogP contribution in [0.2, 0.25) is 0 Å². The van der Waals surface area contributed by atoms with Gasteiger partial charge in [0.1, 0.15) is 0 Å². The van der Waals surface area contributed by atoms with Gasteiger partial charge in [-0.2, -0.15) is 0 Å². The Balaban J connectivity index is 0.000000310. The van der Waals surface area contributed by atoms with Crippen LogP contribution in [0.15, 0.2) is 30.3 Å². The number of para-hydroxylation sites is 1. The van der Waals surface area contributed by atoms with E-state index in [9.17, 15) is 0 Å². The standard InChI is InChI=1S/C6H8N2S.CH4N2O/c7-9-8-6-4-2-1-3-5-6;2-1(3)4/h1-5,8H,7H2;(H4,2,3,4). The van der Waals surface area contributed by atoms with Gasteiger partial charge >= 0.3 is 6.03 Å². The first-order chi connectivity index (χ1) is 6.16. The normalized spacial score (nSPS) is 8.08. The van der Waals surface area contributed by atoms with E-state index in [2.05, 4.69) is 16.2 Å². The molecule has 0 aliphatic rings. The summed E-state index contributed by atoms with van der Waals surface area (Å²) in [6.07, 6.45) is 0. The lowest BCUT2D eigenvalue weighted by atomic mass is 10.3. The molecular weight excluding hydrogens is 188 g/mol. The molecule has 0 aliphatic carbocycles. The Morgan fingerprint density at radius 2 is 1.69 bits per heavy atom. The zero-order valence-electron chi connectivity index (χ0n) is 6.94. The van der Waals surface area contributed by atoms with Crippen molar-refractivity contribution in [2.45, 2.75) is 0 Å². The maximum atomic E-state index is 9.00. The van der Waals surface area contributed by atoms with E-state index in [1.54, 1.807) is 0 Å². The summed E-state index contributed by atoms with van der Waals surface area (Å²) in [5, 5.41) is 5.17. The molecule has 72 valence electrons. The molecule has 0 heterocycles. The van der Waals surface area contributed by atoms with Crippen LogP contribution in [0.3, 0.4) is 0 Å². The number of carbonyl (C=O) groups is 1. The number of primary amides is 2. The lowest BCUT2D eigenvalue weighted by molar-refractivity contribution is 0.256. The molecule has 13 heavy (non-hydrogen) atoms. The molecule has 0 unspecified atom stereocenters. The van der Waals surface area contributed by atoms with Gasteiger partial charge in [-0.3, -0.25) is 5.14 Å². The van der Waals surface area contributed by atoms with Gasteiger partial charge in [-0.25, -0.2) is 4.79 Å². The first kappa shape index (κ1) is 11.6. The zero-order valence-corrected chi connectivity index (χ0v) is 7.75. The molecule has 5 nitrogen and oxygen atoms in total. The van der Waals surface area contributed by atoms with Gasteiger partial charge in [0.15, 0.2) is 0 Å². The van der Waals surface area contributed by atoms with E-state index < -0.39 is 6.03 Å². The largest absolute Gasteiger partial charge is 0.352 e. The summed E-state index contributed by atoms with van der Waals surface area (Å²) in [7, 11) is 0. The molecule has 7 N–H and O–H groups in total. The summed E-state index contributed by atoms with van der Waals surface area (Å²) in [5.74, 6) is 0. The molecule has 1 rings (SSSR count). The molecule has 0 aliphatic heterocycles. The number of hydrogen-bond acceptors (Lipinski definition) is 4. The first-order valence-electron chi connectivity index (χ1n) is 3.38. The van der Waals surface area contributed by atoms with E-state index in [1.807, 2.05) is 30.3 Å². The molecule has 0 saturated carbocycles. The zero-order chi connectivity index (χ0) is 10.1. The highest BCUT2D eigenvalue weighted by Crippen LogP contribution is 2.06. The van der Waals surface area contributed by atoms with Crippen molar-refractivity contribution >= 4 is 23.9 Å². The topological polar surface area (TPSA) is 107 Å². The highest BCUT2D eigenvalue weighted by atomic mass is 32.2. The van der Waals surface area contributed by atoms with Crippen molar-refractivity contribution in [1.82, 2.24) is 0 Å². The van der Waals surface area contributed by atoms with Crippen molar-refractivity contribution in [3.05, 3.63) is 30.3 Å². The fourth-order valence-electron chi connectivity index (χ4n) is 0.574. The number of carbonyl (C=O) groups excluding carboxylic acids is 1. The quantitative estimate of drug-likeness (QED) is 0.525. The fraction of sp³-hybridized carbons (Fsp3) is 0. The molecule has 2 amide bonds. The van der Waals surface area contributed by atoms with Crippen LogP contribution in [0, 0.1) is 0 Å². The van der Waals surface area contributed by atoms with Gasteiger partial charge in [-0.05, 0) is 12.1 Å². The maximum absolute atomic E-state index is 9.00. The minimum Gasteiger partial charge on any atom is -0.352 e. The Morgan fingerprint density at radius 3 is 2.08 bits per heavy atom. The SMILES string of the molecule is NC(N)=O.NSNc1ccccc1. The predicted molar refractivity (Wildman–Crippen MR) is 55.6 cm³/mol. The smallest absolute Gasteiger partial charge is 0.309 e. The number of amides is 2. The molecule has 0 spiro atoms. The summed E-state index contributed by atoms with van der Waals surface area (Å²) in [4.78, 5) is 9.00. The van der Waals surface area contributed by atoms with E-state index in [4.69, 9.17) is 9.93 Å². The lowest BCUT2D eigenvalue weighted by Gasteiger charge is -1.97. The molecule has 1 aromatic rings.